The first-order valence-corrected chi connectivity index (χ1v) is 8.38. The Bertz CT molecular complexity index is 651. The molecular formula is C16H17BrClNO3. The van der Waals surface area contributed by atoms with Gasteiger partial charge in [0.25, 0.3) is 5.91 Å². The Balaban J connectivity index is 2.00. The second kappa shape index (κ2) is 5.87. The Morgan fingerprint density at radius 3 is 2.73 bits per heavy atom. The predicted molar refractivity (Wildman–Crippen MR) is 88.8 cm³/mol. The summed E-state index contributed by atoms with van der Waals surface area (Å²) >= 11 is 9.59. The van der Waals surface area contributed by atoms with E-state index in [4.69, 9.17) is 16.3 Å². The van der Waals surface area contributed by atoms with Crippen molar-refractivity contribution >= 4 is 39.0 Å². The van der Waals surface area contributed by atoms with Gasteiger partial charge in [-0.3, -0.25) is 4.79 Å². The van der Waals surface area contributed by atoms with Gasteiger partial charge in [-0.05, 0) is 43.9 Å². The van der Waals surface area contributed by atoms with Crippen LogP contribution in [-0.2, 0) is 9.53 Å². The lowest BCUT2D eigenvalue weighted by Crippen LogP contribution is -2.48. The number of aliphatic hydroxyl groups is 1. The molecule has 2 N–H and O–H groups in total. The Hall–Kier alpha value is -1.04. The van der Waals surface area contributed by atoms with Gasteiger partial charge >= 0.3 is 0 Å². The zero-order valence-corrected chi connectivity index (χ0v) is 14.5. The lowest BCUT2D eigenvalue weighted by molar-refractivity contribution is -0.116. The van der Waals surface area contributed by atoms with Crippen molar-refractivity contribution in [3.63, 3.8) is 0 Å². The van der Waals surface area contributed by atoms with Gasteiger partial charge in [0.1, 0.15) is 5.76 Å². The topological polar surface area (TPSA) is 58.6 Å². The number of carbonyl (C=O) groups is 1. The fourth-order valence-electron chi connectivity index (χ4n) is 3.31. The molecule has 1 aromatic carbocycles. The van der Waals surface area contributed by atoms with Crippen molar-refractivity contribution in [1.29, 1.82) is 0 Å². The molecule has 118 valence electrons. The van der Waals surface area contributed by atoms with E-state index in [0.29, 0.717) is 23.4 Å². The fraction of sp³-hybridized carbons (Fsp3) is 0.438. The van der Waals surface area contributed by atoms with E-state index >= 15 is 0 Å². The second-order valence-corrected chi connectivity index (χ2v) is 7.14. The van der Waals surface area contributed by atoms with E-state index in [1.54, 1.807) is 25.3 Å². The SMILES string of the molecule is CO[C@H]1CC[C@@]2(CC1)NC(=O)C(c1cc(Br)ccc1Cl)=C2O. The summed E-state index contributed by atoms with van der Waals surface area (Å²) in [5, 5.41) is 14.2. The van der Waals surface area contributed by atoms with Gasteiger partial charge in [0.05, 0.1) is 17.2 Å². The van der Waals surface area contributed by atoms with Crippen molar-refractivity contribution in [2.45, 2.75) is 37.3 Å². The van der Waals surface area contributed by atoms with Crippen LogP contribution >= 0.6 is 27.5 Å². The standard InChI is InChI=1S/C16H17BrClNO3/c1-22-10-4-6-16(7-5-10)14(20)13(15(21)19-16)11-8-9(17)2-3-12(11)18/h2-3,8,10,20H,4-7H2,1H3,(H,19,21)/t10-,16-. The van der Waals surface area contributed by atoms with E-state index in [0.717, 1.165) is 17.3 Å². The fourth-order valence-corrected chi connectivity index (χ4v) is 3.88. The Labute approximate surface area is 142 Å². The van der Waals surface area contributed by atoms with Gasteiger partial charge in [-0.1, -0.05) is 27.5 Å². The molecule has 0 unspecified atom stereocenters. The summed E-state index contributed by atoms with van der Waals surface area (Å²) in [6, 6.07) is 5.27. The number of aliphatic hydroxyl groups excluding tert-OH is 1. The number of hydrogen-bond donors (Lipinski definition) is 2. The number of benzene rings is 1. The highest BCUT2D eigenvalue weighted by Crippen LogP contribution is 2.43. The number of hydrogen-bond acceptors (Lipinski definition) is 3. The zero-order chi connectivity index (χ0) is 15.9. The van der Waals surface area contributed by atoms with Gasteiger partial charge in [0, 0.05) is 22.2 Å². The number of nitrogens with one attached hydrogen (secondary N) is 1. The van der Waals surface area contributed by atoms with Crippen molar-refractivity contribution in [2.75, 3.05) is 7.11 Å². The van der Waals surface area contributed by atoms with E-state index in [1.807, 2.05) is 0 Å². The van der Waals surface area contributed by atoms with E-state index in [2.05, 4.69) is 21.2 Å². The van der Waals surface area contributed by atoms with Crippen LogP contribution in [0.3, 0.4) is 0 Å². The number of ether oxygens (including phenoxy) is 1. The number of amides is 1. The number of methoxy groups -OCH3 is 1. The van der Waals surface area contributed by atoms with Gasteiger partial charge in [-0.25, -0.2) is 0 Å². The van der Waals surface area contributed by atoms with Crippen LogP contribution in [0.15, 0.2) is 28.4 Å². The molecule has 1 amide bonds. The maximum Gasteiger partial charge on any atom is 0.256 e. The van der Waals surface area contributed by atoms with Crippen molar-refractivity contribution < 1.29 is 14.6 Å². The van der Waals surface area contributed by atoms with Crippen LogP contribution < -0.4 is 5.32 Å². The summed E-state index contributed by atoms with van der Waals surface area (Å²) < 4.78 is 6.17. The second-order valence-electron chi connectivity index (χ2n) is 5.82. The molecule has 4 nitrogen and oxygen atoms in total. The third-order valence-corrected chi connectivity index (χ3v) is 5.41. The molecule has 0 aromatic heterocycles. The third-order valence-electron chi connectivity index (χ3n) is 4.59. The van der Waals surface area contributed by atoms with E-state index < -0.39 is 5.54 Å². The molecule has 1 aliphatic heterocycles. The molecule has 0 saturated heterocycles. The molecule has 1 saturated carbocycles. The van der Waals surface area contributed by atoms with Crippen molar-refractivity contribution in [3.05, 3.63) is 39.0 Å². The van der Waals surface area contributed by atoms with Gasteiger partial charge in [-0.15, -0.1) is 0 Å². The van der Waals surface area contributed by atoms with Gasteiger partial charge in [0.15, 0.2) is 0 Å². The molecule has 1 aromatic rings. The van der Waals surface area contributed by atoms with Gasteiger partial charge in [-0.2, -0.15) is 0 Å². The van der Waals surface area contributed by atoms with Crippen molar-refractivity contribution in [3.8, 4) is 0 Å². The minimum atomic E-state index is -0.674. The first-order valence-electron chi connectivity index (χ1n) is 7.21. The molecule has 1 heterocycles. The van der Waals surface area contributed by atoms with Crippen LogP contribution in [0, 0.1) is 0 Å². The Morgan fingerprint density at radius 1 is 1.41 bits per heavy atom. The first-order chi connectivity index (χ1) is 10.5. The summed E-state index contributed by atoms with van der Waals surface area (Å²) in [6.07, 6.45) is 3.13. The van der Waals surface area contributed by atoms with Crippen LogP contribution in [0.1, 0.15) is 31.2 Å². The van der Waals surface area contributed by atoms with Crippen molar-refractivity contribution in [1.82, 2.24) is 5.32 Å². The van der Waals surface area contributed by atoms with Crippen LogP contribution in [0.5, 0.6) is 0 Å². The average Bonchev–Trinajstić information content (AvgIpc) is 2.74. The number of rotatable bonds is 2. The summed E-state index contributed by atoms with van der Waals surface area (Å²) in [6.45, 7) is 0. The largest absolute Gasteiger partial charge is 0.509 e. The van der Waals surface area contributed by atoms with E-state index in [1.165, 1.54) is 0 Å². The molecule has 0 radical (unpaired) electrons. The first kappa shape index (κ1) is 15.8. The summed E-state index contributed by atoms with van der Waals surface area (Å²) in [5.74, 6) is -0.166. The third kappa shape index (κ3) is 2.55. The highest BCUT2D eigenvalue weighted by Gasteiger charge is 2.48. The molecule has 1 fully saturated rings. The highest BCUT2D eigenvalue weighted by molar-refractivity contribution is 9.10. The lowest BCUT2D eigenvalue weighted by Gasteiger charge is -2.36. The van der Waals surface area contributed by atoms with Crippen molar-refractivity contribution in [2.24, 2.45) is 0 Å². The molecule has 1 spiro atoms. The van der Waals surface area contributed by atoms with Crippen LogP contribution in [0.4, 0.5) is 0 Å². The molecule has 6 heteroatoms. The highest BCUT2D eigenvalue weighted by atomic mass is 79.9. The predicted octanol–water partition coefficient (Wildman–Crippen LogP) is 3.83. The quantitative estimate of drug-likeness (QED) is 0.812. The molecule has 0 bridgehead atoms. The molecule has 22 heavy (non-hydrogen) atoms. The lowest BCUT2D eigenvalue weighted by atomic mass is 9.79. The minimum Gasteiger partial charge on any atom is -0.509 e. The maximum atomic E-state index is 12.4. The number of halogens is 2. The molecule has 0 atom stereocenters. The monoisotopic (exact) mass is 385 g/mol. The van der Waals surface area contributed by atoms with Crippen LogP contribution in [0.25, 0.3) is 5.57 Å². The Morgan fingerprint density at radius 2 is 2.09 bits per heavy atom. The van der Waals surface area contributed by atoms with E-state index in [-0.39, 0.29) is 23.3 Å². The summed E-state index contributed by atoms with van der Waals surface area (Å²) in [4.78, 5) is 12.4. The normalized spacial score (nSPS) is 28.3. The van der Waals surface area contributed by atoms with Gasteiger partial charge < -0.3 is 15.2 Å². The summed E-state index contributed by atoms with van der Waals surface area (Å²) in [7, 11) is 1.69. The molecule has 3 rings (SSSR count). The van der Waals surface area contributed by atoms with Gasteiger partial charge in [0.2, 0.25) is 0 Å². The zero-order valence-electron chi connectivity index (χ0n) is 12.2. The smallest absolute Gasteiger partial charge is 0.256 e. The minimum absolute atomic E-state index is 0.104. The van der Waals surface area contributed by atoms with E-state index in [9.17, 15) is 9.90 Å². The Kier molecular flexibility index (Phi) is 4.23. The van der Waals surface area contributed by atoms with Crippen LogP contribution in [-0.4, -0.2) is 29.8 Å². The molecular weight excluding hydrogens is 370 g/mol. The number of carbonyl (C=O) groups excluding carboxylic acids is 1. The molecule has 2 aliphatic rings. The maximum absolute atomic E-state index is 12.4. The van der Waals surface area contributed by atoms with Crippen LogP contribution in [0.2, 0.25) is 5.02 Å². The average molecular weight is 387 g/mol. The molecule has 1 aliphatic carbocycles. The summed E-state index contributed by atoms with van der Waals surface area (Å²) in [5.41, 5.74) is 0.159.